The molecule has 0 radical (unpaired) electrons. The van der Waals surface area contributed by atoms with Crippen LogP contribution in [0.3, 0.4) is 0 Å². The van der Waals surface area contributed by atoms with Gasteiger partial charge in [0.2, 0.25) is 0 Å². The summed E-state index contributed by atoms with van der Waals surface area (Å²) in [5.74, 6) is 0. The molecule has 7 heteroatoms. The van der Waals surface area contributed by atoms with E-state index in [2.05, 4.69) is 45.1 Å². The standard InChI is InChI=1S/C27H45BN4O2/c1-3-10-26(11-4-1)27(12-5-2-6-13-27)34-28(33-26)25-9-7-8-24(22-25)23-32-20-18-30-16-14-29-15-17-31-19-21-32/h7-9,22,29-31H,1-6,10-21,23H2/i28-1. The lowest BCUT2D eigenvalue weighted by Crippen LogP contribution is -2.53. The third-order valence-corrected chi connectivity index (χ3v) is 8.61. The Hall–Kier alpha value is -0.955. The van der Waals surface area contributed by atoms with Gasteiger partial charge in [-0.1, -0.05) is 62.8 Å². The minimum absolute atomic E-state index is 0.0600. The maximum Gasteiger partial charge on any atom is 0.494 e. The minimum atomic E-state index is -0.210. The molecule has 2 aliphatic heterocycles. The highest BCUT2D eigenvalue weighted by Gasteiger charge is 2.61. The first-order chi connectivity index (χ1) is 16.8. The molecule has 2 spiro atoms. The van der Waals surface area contributed by atoms with Gasteiger partial charge >= 0.3 is 7.12 Å². The summed E-state index contributed by atoms with van der Waals surface area (Å²) < 4.78 is 13.9. The van der Waals surface area contributed by atoms with Gasteiger partial charge in [-0.2, -0.15) is 0 Å². The fraction of sp³-hybridized carbons (Fsp3) is 0.778. The molecule has 4 fully saturated rings. The number of benzene rings is 1. The van der Waals surface area contributed by atoms with E-state index in [1.165, 1.54) is 75.2 Å². The number of nitrogens with zero attached hydrogens (tertiary/aromatic N) is 1. The molecule has 0 bridgehead atoms. The van der Waals surface area contributed by atoms with Crippen LogP contribution in [0.4, 0.5) is 0 Å². The molecule has 0 unspecified atom stereocenters. The van der Waals surface area contributed by atoms with Crippen molar-refractivity contribution in [3.05, 3.63) is 29.8 Å². The van der Waals surface area contributed by atoms with Crippen molar-refractivity contribution in [1.29, 1.82) is 0 Å². The molecule has 0 atom stereocenters. The molecule has 0 amide bonds. The van der Waals surface area contributed by atoms with E-state index in [0.29, 0.717) is 0 Å². The van der Waals surface area contributed by atoms with Crippen molar-refractivity contribution in [2.45, 2.75) is 82.0 Å². The molecule has 1 aromatic carbocycles. The molecular formula is C27H45BN4O2. The van der Waals surface area contributed by atoms with E-state index in [1.54, 1.807) is 0 Å². The van der Waals surface area contributed by atoms with Crippen LogP contribution in [0.5, 0.6) is 0 Å². The van der Waals surface area contributed by atoms with Crippen LogP contribution in [0, 0.1) is 0 Å². The monoisotopic (exact) mass is 467 g/mol. The van der Waals surface area contributed by atoms with Crippen LogP contribution in [0.25, 0.3) is 0 Å². The summed E-state index contributed by atoms with van der Waals surface area (Å²) in [6.07, 6.45) is 12.5. The van der Waals surface area contributed by atoms with Gasteiger partial charge in [-0.25, -0.2) is 0 Å². The Balaban J connectivity index is 1.27. The Morgan fingerprint density at radius 3 is 1.79 bits per heavy atom. The summed E-state index contributed by atoms with van der Waals surface area (Å²) in [7, 11) is -0.210. The molecule has 3 N–H and O–H groups in total. The van der Waals surface area contributed by atoms with Crippen molar-refractivity contribution in [1.82, 2.24) is 20.9 Å². The predicted molar refractivity (Wildman–Crippen MR) is 140 cm³/mol. The number of rotatable bonds is 3. The molecule has 2 aliphatic carbocycles. The van der Waals surface area contributed by atoms with Gasteiger partial charge in [-0.05, 0) is 36.7 Å². The van der Waals surface area contributed by atoms with Gasteiger partial charge in [-0.15, -0.1) is 0 Å². The van der Waals surface area contributed by atoms with Crippen LogP contribution in [-0.2, 0) is 15.9 Å². The van der Waals surface area contributed by atoms with Crippen LogP contribution in [0.15, 0.2) is 24.3 Å². The highest BCUT2D eigenvalue weighted by molar-refractivity contribution is 6.62. The molecule has 5 rings (SSSR count). The van der Waals surface area contributed by atoms with E-state index in [-0.39, 0.29) is 18.3 Å². The first-order valence-electron chi connectivity index (χ1n) is 14.1. The van der Waals surface area contributed by atoms with E-state index in [4.69, 9.17) is 9.31 Å². The zero-order valence-corrected chi connectivity index (χ0v) is 21.1. The van der Waals surface area contributed by atoms with Gasteiger partial charge < -0.3 is 25.3 Å². The molecule has 6 nitrogen and oxygen atoms in total. The van der Waals surface area contributed by atoms with Gasteiger partial charge in [-0.3, -0.25) is 4.90 Å². The Morgan fingerprint density at radius 1 is 0.706 bits per heavy atom. The number of hydrogen-bond donors (Lipinski definition) is 3. The lowest BCUT2D eigenvalue weighted by atomic mass is 9.25. The van der Waals surface area contributed by atoms with Crippen LogP contribution in [0.1, 0.15) is 69.8 Å². The van der Waals surface area contributed by atoms with Crippen LogP contribution in [0.2, 0.25) is 0 Å². The number of fused-ring (bicyclic) bond motifs is 1. The third kappa shape index (κ3) is 5.71. The summed E-state index contributed by atoms with van der Waals surface area (Å²) >= 11 is 0. The lowest BCUT2D eigenvalue weighted by Gasteiger charge is -2.48. The molecule has 0 aromatic heterocycles. The normalized spacial score (nSPS) is 26.9. The fourth-order valence-electron chi connectivity index (χ4n) is 6.75. The van der Waals surface area contributed by atoms with E-state index in [0.717, 1.165) is 58.9 Å². The zero-order valence-electron chi connectivity index (χ0n) is 21.1. The lowest BCUT2D eigenvalue weighted by molar-refractivity contribution is -0.0923. The Bertz CT molecular complexity index is 729. The maximum absolute atomic E-state index is 6.95. The number of hydrogen-bond acceptors (Lipinski definition) is 6. The molecule has 4 aliphatic rings. The van der Waals surface area contributed by atoms with Gasteiger partial charge in [0, 0.05) is 58.9 Å². The molecular weight excluding hydrogens is 422 g/mol. The highest BCUT2D eigenvalue weighted by Crippen LogP contribution is 2.53. The van der Waals surface area contributed by atoms with Crippen LogP contribution < -0.4 is 21.4 Å². The van der Waals surface area contributed by atoms with Gasteiger partial charge in [0.15, 0.2) is 0 Å². The smallest absolute Gasteiger partial charge is 0.399 e. The second-order valence-electron chi connectivity index (χ2n) is 10.9. The SMILES string of the molecule is c1cc(CN2CCNCCNCCNCC2)cc([10B]2OC3(CCCCC3)C3(CCCCC3)O2)c1. The van der Waals surface area contributed by atoms with Gasteiger partial charge in [0.25, 0.3) is 0 Å². The number of nitrogens with one attached hydrogen (secondary N) is 3. The molecule has 2 saturated carbocycles. The summed E-state index contributed by atoms with van der Waals surface area (Å²) in [5, 5.41) is 10.6. The fourth-order valence-corrected chi connectivity index (χ4v) is 6.75. The van der Waals surface area contributed by atoms with Crippen LogP contribution >= 0.6 is 0 Å². The maximum atomic E-state index is 6.95. The Labute approximate surface area is 207 Å². The van der Waals surface area contributed by atoms with E-state index < -0.39 is 0 Å². The average molecular weight is 468 g/mol. The molecule has 2 heterocycles. The summed E-state index contributed by atoms with van der Waals surface area (Å²) in [4.78, 5) is 2.57. The minimum Gasteiger partial charge on any atom is -0.399 e. The van der Waals surface area contributed by atoms with Crippen LogP contribution in [-0.4, -0.2) is 75.6 Å². The van der Waals surface area contributed by atoms with Crippen molar-refractivity contribution in [2.75, 3.05) is 52.4 Å². The Kier molecular flexibility index (Phi) is 8.62. The van der Waals surface area contributed by atoms with E-state index in [1.807, 2.05) is 0 Å². The average Bonchev–Trinajstić information content (AvgIpc) is 3.14. The third-order valence-electron chi connectivity index (χ3n) is 8.61. The van der Waals surface area contributed by atoms with Crippen molar-refractivity contribution in [2.24, 2.45) is 0 Å². The van der Waals surface area contributed by atoms with Crippen molar-refractivity contribution in [3.8, 4) is 0 Å². The van der Waals surface area contributed by atoms with Crippen molar-refractivity contribution < 1.29 is 9.31 Å². The van der Waals surface area contributed by atoms with Gasteiger partial charge in [0.05, 0.1) is 11.2 Å². The second kappa shape index (κ2) is 11.9. The van der Waals surface area contributed by atoms with Crippen molar-refractivity contribution >= 4 is 12.6 Å². The molecule has 1 aromatic rings. The predicted octanol–water partition coefficient (Wildman–Crippen LogP) is 2.42. The summed E-state index contributed by atoms with van der Waals surface area (Å²) in [6.45, 7) is 9.29. The largest absolute Gasteiger partial charge is 0.494 e. The summed E-state index contributed by atoms with van der Waals surface area (Å²) in [5.41, 5.74) is 2.45. The summed E-state index contributed by atoms with van der Waals surface area (Å²) in [6, 6.07) is 9.05. The molecule has 34 heavy (non-hydrogen) atoms. The zero-order chi connectivity index (χ0) is 23.1. The quantitative estimate of drug-likeness (QED) is 0.594. The van der Waals surface area contributed by atoms with E-state index in [9.17, 15) is 0 Å². The molecule has 188 valence electrons. The van der Waals surface area contributed by atoms with E-state index >= 15 is 0 Å². The Morgan fingerprint density at radius 2 is 1.24 bits per heavy atom. The first kappa shape index (κ1) is 24.7. The molecule has 2 saturated heterocycles. The first-order valence-corrected chi connectivity index (χ1v) is 14.1. The highest BCUT2D eigenvalue weighted by atomic mass is 16.6. The second-order valence-corrected chi connectivity index (χ2v) is 10.9. The van der Waals surface area contributed by atoms with Crippen molar-refractivity contribution in [3.63, 3.8) is 0 Å². The van der Waals surface area contributed by atoms with Gasteiger partial charge in [0.1, 0.15) is 0 Å². The topological polar surface area (TPSA) is 57.8 Å².